The monoisotopic (exact) mass is 311 g/mol. The summed E-state index contributed by atoms with van der Waals surface area (Å²) in [6.07, 6.45) is 0. The Hall–Kier alpha value is -2.15. The van der Waals surface area contributed by atoms with E-state index in [1.165, 1.54) is 6.07 Å². The highest BCUT2D eigenvalue weighted by Gasteiger charge is 2.10. The van der Waals surface area contributed by atoms with Crippen molar-refractivity contribution in [2.45, 2.75) is 0 Å². The molecule has 18 heavy (non-hydrogen) atoms. The lowest BCUT2D eigenvalue weighted by Crippen LogP contribution is -2.09. The van der Waals surface area contributed by atoms with Crippen LogP contribution in [-0.2, 0) is 0 Å². The summed E-state index contributed by atoms with van der Waals surface area (Å²) in [5, 5.41) is 18.3. The molecule has 1 aromatic heterocycles. The third kappa shape index (κ3) is 2.00. The summed E-state index contributed by atoms with van der Waals surface area (Å²) in [7, 11) is 0. The molecular formula is C11H6BrNO5. The molecule has 2 aromatic rings. The SMILES string of the molecule is O=C(O)c1cc(=O)c2cc(=O)c(O)c(Br)cc2[nH]1. The standard InChI is InChI=1S/C11H6BrNO5/c12-5-2-6-4(1-9(15)10(5)16)8(14)3-7(13-6)11(17)18/h1-3H,(H,13,14)(H,15,16)(H,17,18). The van der Waals surface area contributed by atoms with Gasteiger partial charge in [0.2, 0.25) is 5.43 Å². The first-order valence-electron chi connectivity index (χ1n) is 4.73. The Balaban J connectivity index is 3.04. The molecule has 1 aromatic carbocycles. The van der Waals surface area contributed by atoms with Crippen molar-refractivity contribution in [3.8, 4) is 5.75 Å². The van der Waals surface area contributed by atoms with Crippen LogP contribution in [0.15, 0.2) is 32.3 Å². The summed E-state index contributed by atoms with van der Waals surface area (Å²) in [5.41, 5.74) is -1.49. The van der Waals surface area contributed by atoms with Gasteiger partial charge in [-0.1, -0.05) is 0 Å². The minimum absolute atomic E-state index is 0.00556. The molecule has 0 aliphatic heterocycles. The zero-order chi connectivity index (χ0) is 13.4. The van der Waals surface area contributed by atoms with Crippen LogP contribution >= 0.6 is 15.9 Å². The second-order valence-electron chi connectivity index (χ2n) is 3.53. The van der Waals surface area contributed by atoms with Gasteiger partial charge in [0, 0.05) is 17.5 Å². The number of halogens is 1. The molecule has 0 saturated heterocycles. The number of carbonyl (C=O) groups is 1. The zero-order valence-electron chi connectivity index (χ0n) is 8.73. The van der Waals surface area contributed by atoms with E-state index in [1.807, 2.05) is 0 Å². The van der Waals surface area contributed by atoms with Crippen LogP contribution in [0.25, 0.3) is 10.9 Å². The van der Waals surface area contributed by atoms with Crippen LogP contribution in [0.3, 0.4) is 0 Å². The van der Waals surface area contributed by atoms with E-state index in [4.69, 9.17) is 5.11 Å². The number of hydrogen-bond acceptors (Lipinski definition) is 4. The van der Waals surface area contributed by atoms with Crippen molar-refractivity contribution < 1.29 is 15.0 Å². The minimum atomic E-state index is -1.29. The highest BCUT2D eigenvalue weighted by atomic mass is 79.9. The van der Waals surface area contributed by atoms with Gasteiger partial charge >= 0.3 is 5.97 Å². The molecule has 6 nitrogen and oxygen atoms in total. The molecule has 0 bridgehead atoms. The number of aromatic nitrogens is 1. The number of carboxylic acid groups (broad SMARTS) is 1. The Kier molecular flexibility index (Phi) is 2.92. The summed E-state index contributed by atoms with van der Waals surface area (Å²) in [4.78, 5) is 36.5. The third-order valence-corrected chi connectivity index (χ3v) is 2.94. The molecule has 92 valence electrons. The van der Waals surface area contributed by atoms with Crippen molar-refractivity contribution in [3.63, 3.8) is 0 Å². The van der Waals surface area contributed by atoms with E-state index < -0.39 is 22.6 Å². The first kappa shape index (κ1) is 12.3. The van der Waals surface area contributed by atoms with Crippen LogP contribution in [0.4, 0.5) is 0 Å². The van der Waals surface area contributed by atoms with Crippen LogP contribution in [0.5, 0.6) is 5.75 Å². The summed E-state index contributed by atoms with van der Waals surface area (Å²) >= 11 is 2.96. The highest BCUT2D eigenvalue weighted by molar-refractivity contribution is 9.10. The van der Waals surface area contributed by atoms with Crippen LogP contribution in [0.2, 0.25) is 0 Å². The van der Waals surface area contributed by atoms with E-state index in [-0.39, 0.29) is 21.1 Å². The van der Waals surface area contributed by atoms with Crippen molar-refractivity contribution in [1.29, 1.82) is 0 Å². The van der Waals surface area contributed by atoms with Gasteiger partial charge in [-0.25, -0.2) is 4.79 Å². The number of nitrogens with one attached hydrogen (secondary N) is 1. The van der Waals surface area contributed by atoms with E-state index in [2.05, 4.69) is 20.9 Å². The normalized spacial score (nSPS) is 10.5. The number of fused-ring (bicyclic) bond motifs is 1. The first-order chi connectivity index (χ1) is 8.40. The van der Waals surface area contributed by atoms with Crippen molar-refractivity contribution in [2.75, 3.05) is 0 Å². The molecule has 0 fully saturated rings. The molecule has 0 aliphatic rings. The average molecular weight is 312 g/mol. The lowest BCUT2D eigenvalue weighted by molar-refractivity contribution is 0.0691. The van der Waals surface area contributed by atoms with Crippen LogP contribution in [0, 0.1) is 0 Å². The Labute approximate surface area is 108 Å². The summed E-state index contributed by atoms with van der Waals surface area (Å²) in [6.45, 7) is 0. The van der Waals surface area contributed by atoms with E-state index in [1.54, 1.807) is 0 Å². The number of hydrogen-bond donors (Lipinski definition) is 3. The lowest BCUT2D eigenvalue weighted by atomic mass is 10.2. The predicted molar refractivity (Wildman–Crippen MR) is 67.2 cm³/mol. The fourth-order valence-corrected chi connectivity index (χ4v) is 1.90. The average Bonchev–Trinajstić information content (AvgIpc) is 2.40. The van der Waals surface area contributed by atoms with E-state index in [9.17, 15) is 19.5 Å². The largest absolute Gasteiger partial charge is 0.503 e. The fraction of sp³-hybridized carbons (Fsp3) is 0. The van der Waals surface area contributed by atoms with Gasteiger partial charge in [-0.05, 0) is 22.0 Å². The molecule has 0 saturated carbocycles. The van der Waals surface area contributed by atoms with Gasteiger partial charge in [-0.3, -0.25) is 9.59 Å². The van der Waals surface area contributed by atoms with Gasteiger partial charge in [0.1, 0.15) is 5.69 Å². The van der Waals surface area contributed by atoms with Gasteiger partial charge in [-0.2, -0.15) is 0 Å². The second kappa shape index (κ2) is 4.26. The Bertz CT molecular complexity index is 781. The number of aromatic hydroxyl groups is 1. The van der Waals surface area contributed by atoms with Gasteiger partial charge in [0.25, 0.3) is 0 Å². The summed E-state index contributed by atoms with van der Waals surface area (Å²) in [5.74, 6) is -1.83. The third-order valence-electron chi connectivity index (χ3n) is 2.34. The van der Waals surface area contributed by atoms with Crippen molar-refractivity contribution in [1.82, 2.24) is 4.98 Å². The molecule has 7 heteroatoms. The minimum Gasteiger partial charge on any atom is -0.503 e. The van der Waals surface area contributed by atoms with E-state index in [0.29, 0.717) is 0 Å². The molecule has 3 N–H and O–H groups in total. The molecule has 1 heterocycles. The Morgan fingerprint density at radius 2 is 1.83 bits per heavy atom. The molecule has 2 rings (SSSR count). The summed E-state index contributed by atoms with van der Waals surface area (Å²) in [6, 6.07) is 3.12. The lowest BCUT2D eigenvalue weighted by Gasteiger charge is -1.96. The first-order valence-corrected chi connectivity index (χ1v) is 5.52. The molecular weight excluding hydrogens is 306 g/mol. The number of aromatic carboxylic acids is 1. The van der Waals surface area contributed by atoms with E-state index in [0.717, 1.165) is 12.1 Å². The van der Waals surface area contributed by atoms with Crippen LogP contribution in [0.1, 0.15) is 10.5 Å². The Morgan fingerprint density at radius 1 is 1.17 bits per heavy atom. The predicted octanol–water partition coefficient (Wildman–Crippen LogP) is 1.05. The zero-order valence-corrected chi connectivity index (χ0v) is 10.3. The summed E-state index contributed by atoms with van der Waals surface area (Å²) < 4.78 is 0.0701. The van der Waals surface area contributed by atoms with Crippen molar-refractivity contribution in [3.05, 3.63) is 48.8 Å². The number of pyridine rings is 1. The van der Waals surface area contributed by atoms with Gasteiger partial charge in [0.05, 0.1) is 9.99 Å². The smallest absolute Gasteiger partial charge is 0.352 e. The molecule has 0 aliphatic carbocycles. The molecule has 0 spiro atoms. The topological polar surface area (TPSA) is 107 Å². The molecule has 0 unspecified atom stereocenters. The number of aromatic amines is 1. The number of rotatable bonds is 1. The maximum atomic E-state index is 11.7. The maximum absolute atomic E-state index is 11.7. The molecule has 0 radical (unpaired) electrons. The second-order valence-corrected chi connectivity index (χ2v) is 4.38. The van der Waals surface area contributed by atoms with Gasteiger partial charge in [-0.15, -0.1) is 0 Å². The van der Waals surface area contributed by atoms with Crippen LogP contribution < -0.4 is 10.9 Å². The molecule has 0 amide bonds. The van der Waals surface area contributed by atoms with Crippen LogP contribution in [-0.4, -0.2) is 21.2 Å². The quantitative estimate of drug-likeness (QED) is 0.729. The maximum Gasteiger partial charge on any atom is 0.352 e. The molecule has 0 atom stereocenters. The van der Waals surface area contributed by atoms with E-state index >= 15 is 0 Å². The van der Waals surface area contributed by atoms with Crippen molar-refractivity contribution in [2.24, 2.45) is 0 Å². The Morgan fingerprint density at radius 3 is 2.44 bits per heavy atom. The number of carboxylic acids is 1. The highest BCUT2D eigenvalue weighted by Crippen LogP contribution is 2.20. The van der Waals surface area contributed by atoms with Gasteiger partial charge < -0.3 is 15.2 Å². The van der Waals surface area contributed by atoms with Gasteiger partial charge in [0.15, 0.2) is 11.2 Å². The van der Waals surface area contributed by atoms with Crippen molar-refractivity contribution >= 4 is 32.8 Å². The fourth-order valence-electron chi connectivity index (χ4n) is 1.48. The number of H-pyrrole nitrogens is 1.